The van der Waals surface area contributed by atoms with Gasteiger partial charge in [0.2, 0.25) is 6.79 Å². The minimum absolute atomic E-state index is 0.176. The first-order valence-corrected chi connectivity index (χ1v) is 8.58. The Balaban J connectivity index is 1.45. The Kier molecular flexibility index (Phi) is 3.11. The molecule has 1 N–H and O–H groups in total. The Morgan fingerprint density at radius 1 is 1.00 bits per heavy atom. The second-order valence-corrected chi connectivity index (χ2v) is 6.74. The molecule has 5 nitrogen and oxygen atoms in total. The van der Waals surface area contributed by atoms with Crippen molar-refractivity contribution in [3.05, 3.63) is 60.2 Å². The van der Waals surface area contributed by atoms with Gasteiger partial charge in [0.25, 0.3) is 5.91 Å². The van der Waals surface area contributed by atoms with Crippen LogP contribution in [0.15, 0.2) is 54.6 Å². The molecule has 0 atom stereocenters. The number of hydrogen-bond donors (Lipinski definition) is 1. The van der Waals surface area contributed by atoms with E-state index in [9.17, 15) is 4.79 Å². The zero-order valence-corrected chi connectivity index (χ0v) is 13.8. The lowest BCUT2D eigenvalue weighted by atomic mass is 10.1. The topological polar surface area (TPSA) is 60.5 Å². The van der Waals surface area contributed by atoms with Gasteiger partial charge in [-0.3, -0.25) is 10.1 Å². The van der Waals surface area contributed by atoms with E-state index in [4.69, 9.17) is 9.47 Å². The van der Waals surface area contributed by atoms with E-state index in [1.54, 1.807) is 0 Å². The van der Waals surface area contributed by atoms with Crippen LogP contribution in [-0.4, -0.2) is 17.7 Å². The lowest BCUT2D eigenvalue weighted by Gasteiger charge is -2.03. The summed E-state index contributed by atoms with van der Waals surface area (Å²) in [7, 11) is 0. The summed E-state index contributed by atoms with van der Waals surface area (Å²) < 4.78 is 11.7. The van der Waals surface area contributed by atoms with Crippen LogP contribution < -0.4 is 14.8 Å². The first-order valence-electron chi connectivity index (χ1n) is 7.77. The number of ether oxygens (including phenoxy) is 2. The number of hydrogen-bond acceptors (Lipinski definition) is 5. The number of amides is 1. The number of nitrogens with one attached hydrogen (secondary N) is 1. The van der Waals surface area contributed by atoms with Crippen molar-refractivity contribution in [2.24, 2.45) is 0 Å². The van der Waals surface area contributed by atoms with Gasteiger partial charge in [-0.05, 0) is 22.9 Å². The Labute approximate surface area is 146 Å². The molecule has 1 aromatic heterocycles. The molecule has 1 aliphatic rings. The normalized spacial score (nSPS) is 12.6. The molecule has 0 bridgehead atoms. The maximum Gasteiger partial charge on any atom is 0.257 e. The van der Waals surface area contributed by atoms with E-state index in [0.29, 0.717) is 22.2 Å². The second kappa shape index (κ2) is 5.46. The van der Waals surface area contributed by atoms with Crippen LogP contribution in [0.1, 0.15) is 10.4 Å². The molecule has 4 aromatic rings. The molecule has 3 aromatic carbocycles. The molecule has 122 valence electrons. The minimum atomic E-state index is -0.176. The van der Waals surface area contributed by atoms with Crippen LogP contribution in [0, 0.1) is 0 Å². The number of aromatic nitrogens is 1. The van der Waals surface area contributed by atoms with Gasteiger partial charge in [-0.25, -0.2) is 4.98 Å². The third kappa shape index (κ3) is 2.47. The van der Waals surface area contributed by atoms with Gasteiger partial charge in [-0.1, -0.05) is 41.7 Å². The molecule has 5 rings (SSSR count). The van der Waals surface area contributed by atoms with E-state index in [-0.39, 0.29) is 12.7 Å². The van der Waals surface area contributed by atoms with E-state index in [2.05, 4.69) is 10.3 Å². The molecule has 0 saturated heterocycles. The smallest absolute Gasteiger partial charge is 0.257 e. The maximum atomic E-state index is 12.5. The molecule has 0 unspecified atom stereocenters. The number of thiazole rings is 1. The van der Waals surface area contributed by atoms with Crippen molar-refractivity contribution < 1.29 is 14.3 Å². The first-order chi connectivity index (χ1) is 12.3. The molecule has 0 radical (unpaired) electrons. The van der Waals surface area contributed by atoms with Gasteiger partial charge in [0.05, 0.1) is 10.2 Å². The molecule has 1 amide bonds. The highest BCUT2D eigenvalue weighted by molar-refractivity contribution is 7.22. The third-order valence-corrected chi connectivity index (χ3v) is 5.05. The number of carbonyl (C=O) groups excluding carboxylic acids is 1. The SMILES string of the molecule is O=C(Nc1nc2cc3c(cc2s1)OCO3)c1ccc2ccccc2c1. The van der Waals surface area contributed by atoms with E-state index >= 15 is 0 Å². The van der Waals surface area contributed by atoms with Crippen molar-refractivity contribution in [3.63, 3.8) is 0 Å². The van der Waals surface area contributed by atoms with Crippen LogP contribution in [0.3, 0.4) is 0 Å². The average molecular weight is 348 g/mol. The van der Waals surface area contributed by atoms with E-state index in [0.717, 1.165) is 21.0 Å². The van der Waals surface area contributed by atoms with Crippen molar-refractivity contribution in [3.8, 4) is 11.5 Å². The Morgan fingerprint density at radius 3 is 2.68 bits per heavy atom. The third-order valence-electron chi connectivity index (χ3n) is 4.11. The fraction of sp³-hybridized carbons (Fsp3) is 0.0526. The predicted molar refractivity (Wildman–Crippen MR) is 97.6 cm³/mol. The van der Waals surface area contributed by atoms with Crippen molar-refractivity contribution in [1.82, 2.24) is 4.98 Å². The summed E-state index contributed by atoms with van der Waals surface area (Å²) in [4.78, 5) is 17.0. The first kappa shape index (κ1) is 14.2. The van der Waals surface area contributed by atoms with Crippen LogP contribution in [0.25, 0.3) is 21.0 Å². The monoisotopic (exact) mass is 348 g/mol. The van der Waals surface area contributed by atoms with Gasteiger partial charge >= 0.3 is 0 Å². The van der Waals surface area contributed by atoms with Gasteiger partial charge in [0, 0.05) is 17.7 Å². The number of nitrogens with zero attached hydrogens (tertiary/aromatic N) is 1. The van der Waals surface area contributed by atoms with Crippen LogP contribution in [-0.2, 0) is 0 Å². The molecule has 0 saturated carbocycles. The predicted octanol–water partition coefficient (Wildman–Crippen LogP) is 4.43. The fourth-order valence-corrected chi connectivity index (χ4v) is 3.74. The summed E-state index contributed by atoms with van der Waals surface area (Å²) in [6.07, 6.45) is 0. The van der Waals surface area contributed by atoms with Gasteiger partial charge in [-0.2, -0.15) is 0 Å². The minimum Gasteiger partial charge on any atom is -0.454 e. The average Bonchev–Trinajstić information content (AvgIpc) is 3.24. The molecular formula is C19H12N2O3S. The fourth-order valence-electron chi connectivity index (χ4n) is 2.87. The lowest BCUT2D eigenvalue weighted by molar-refractivity contribution is 0.102. The molecule has 0 aliphatic carbocycles. The van der Waals surface area contributed by atoms with E-state index in [1.807, 2.05) is 54.6 Å². The maximum absolute atomic E-state index is 12.5. The van der Waals surface area contributed by atoms with E-state index in [1.165, 1.54) is 11.3 Å². The van der Waals surface area contributed by atoms with Crippen molar-refractivity contribution in [2.75, 3.05) is 12.1 Å². The Bertz CT molecular complexity index is 1100. The number of fused-ring (bicyclic) bond motifs is 3. The molecule has 6 heteroatoms. The van der Waals surface area contributed by atoms with E-state index < -0.39 is 0 Å². The molecule has 1 aliphatic heterocycles. The molecular weight excluding hydrogens is 336 g/mol. The molecule has 0 fully saturated rings. The standard InChI is InChI=1S/C19H12N2O3S/c22-18(13-6-5-11-3-1-2-4-12(11)7-13)21-19-20-14-8-15-16(24-10-23-15)9-17(14)25-19/h1-9H,10H2,(H,20,21,22). The van der Waals surface area contributed by atoms with Gasteiger partial charge in [-0.15, -0.1) is 0 Å². The van der Waals surface area contributed by atoms with Gasteiger partial charge in [0.1, 0.15) is 0 Å². The molecule has 2 heterocycles. The van der Waals surface area contributed by atoms with Crippen molar-refractivity contribution in [2.45, 2.75) is 0 Å². The van der Waals surface area contributed by atoms with Crippen LogP contribution in [0.5, 0.6) is 11.5 Å². The van der Waals surface area contributed by atoms with Gasteiger partial charge in [0.15, 0.2) is 16.6 Å². The zero-order valence-electron chi connectivity index (χ0n) is 13.0. The Morgan fingerprint density at radius 2 is 1.80 bits per heavy atom. The second-order valence-electron chi connectivity index (χ2n) is 5.71. The summed E-state index contributed by atoms with van der Waals surface area (Å²) in [5.41, 5.74) is 1.38. The van der Waals surface area contributed by atoms with Crippen LogP contribution in [0.2, 0.25) is 0 Å². The highest BCUT2D eigenvalue weighted by Crippen LogP contribution is 2.39. The Hall–Kier alpha value is -3.12. The number of benzene rings is 3. The number of carbonyl (C=O) groups is 1. The van der Waals surface area contributed by atoms with Crippen LogP contribution >= 0.6 is 11.3 Å². The summed E-state index contributed by atoms with van der Waals surface area (Å²) in [5.74, 6) is 1.22. The summed E-state index contributed by atoms with van der Waals surface area (Å²) in [6, 6.07) is 17.3. The molecule has 0 spiro atoms. The number of anilines is 1. The summed E-state index contributed by atoms with van der Waals surface area (Å²) >= 11 is 1.41. The van der Waals surface area contributed by atoms with Crippen LogP contribution in [0.4, 0.5) is 5.13 Å². The highest BCUT2D eigenvalue weighted by Gasteiger charge is 2.17. The number of rotatable bonds is 2. The quantitative estimate of drug-likeness (QED) is 0.582. The molecule has 25 heavy (non-hydrogen) atoms. The summed E-state index contributed by atoms with van der Waals surface area (Å²) in [5, 5.41) is 5.56. The summed E-state index contributed by atoms with van der Waals surface area (Å²) in [6.45, 7) is 0.234. The highest BCUT2D eigenvalue weighted by atomic mass is 32.1. The largest absolute Gasteiger partial charge is 0.454 e. The van der Waals surface area contributed by atoms with Crippen molar-refractivity contribution >= 4 is 43.4 Å². The zero-order chi connectivity index (χ0) is 16.8. The van der Waals surface area contributed by atoms with Gasteiger partial charge < -0.3 is 9.47 Å². The lowest BCUT2D eigenvalue weighted by Crippen LogP contribution is -2.11. The van der Waals surface area contributed by atoms with Crippen molar-refractivity contribution in [1.29, 1.82) is 0 Å².